The van der Waals surface area contributed by atoms with Crippen LogP contribution < -0.4 is 5.32 Å². The molecular formula is C19H24N4S. The van der Waals surface area contributed by atoms with E-state index >= 15 is 0 Å². The van der Waals surface area contributed by atoms with Crippen LogP contribution >= 0.6 is 12.2 Å². The van der Waals surface area contributed by atoms with E-state index in [4.69, 9.17) is 12.2 Å². The van der Waals surface area contributed by atoms with Gasteiger partial charge in [-0.15, -0.1) is 0 Å². The number of pyridine rings is 1. The van der Waals surface area contributed by atoms with Gasteiger partial charge in [-0.05, 0) is 55.7 Å². The summed E-state index contributed by atoms with van der Waals surface area (Å²) >= 11 is 5.59. The first-order valence-corrected chi connectivity index (χ1v) is 9.34. The molecule has 4 nitrogen and oxygen atoms in total. The summed E-state index contributed by atoms with van der Waals surface area (Å²) in [7, 11) is 0. The SMILES string of the molecule is CCN1C(=S)N[C@H](c2ccccn2)[C@@H]1c1ccn(C2CCCC2)c1. The van der Waals surface area contributed by atoms with E-state index in [-0.39, 0.29) is 12.1 Å². The zero-order valence-corrected chi connectivity index (χ0v) is 14.9. The largest absolute Gasteiger partial charge is 0.352 e. The Labute approximate surface area is 148 Å². The van der Waals surface area contributed by atoms with E-state index in [9.17, 15) is 0 Å². The van der Waals surface area contributed by atoms with Crippen LogP contribution in [0.4, 0.5) is 0 Å². The van der Waals surface area contributed by atoms with E-state index < -0.39 is 0 Å². The molecule has 126 valence electrons. The fraction of sp³-hybridized carbons (Fsp3) is 0.474. The van der Waals surface area contributed by atoms with Crippen molar-refractivity contribution in [3.63, 3.8) is 0 Å². The topological polar surface area (TPSA) is 33.1 Å². The van der Waals surface area contributed by atoms with E-state index in [0.717, 1.165) is 17.4 Å². The monoisotopic (exact) mass is 340 g/mol. The summed E-state index contributed by atoms with van der Waals surface area (Å²) in [5, 5.41) is 4.31. The Kier molecular flexibility index (Phi) is 4.27. The normalized spacial score (nSPS) is 24.5. The molecule has 0 spiro atoms. The van der Waals surface area contributed by atoms with E-state index in [1.165, 1.54) is 31.2 Å². The molecule has 2 aromatic rings. The summed E-state index contributed by atoms with van der Waals surface area (Å²) in [6, 6.07) is 9.33. The van der Waals surface area contributed by atoms with Crippen LogP contribution in [-0.2, 0) is 0 Å². The van der Waals surface area contributed by atoms with Crippen LogP contribution in [0.1, 0.15) is 62.0 Å². The fourth-order valence-corrected chi connectivity index (χ4v) is 4.51. The van der Waals surface area contributed by atoms with Gasteiger partial charge >= 0.3 is 0 Å². The standard InChI is InChI=1S/C19H24N4S/c1-2-23-18(14-10-12-22(13-14)15-7-3-4-8-15)17(21-19(23)24)16-9-5-6-11-20-16/h5-6,9-13,15,17-18H,2-4,7-8H2,1H3,(H,21,24)/t17-,18+/m1/s1. The van der Waals surface area contributed by atoms with Crippen molar-refractivity contribution in [1.29, 1.82) is 0 Å². The van der Waals surface area contributed by atoms with Gasteiger partial charge in [0, 0.05) is 31.2 Å². The van der Waals surface area contributed by atoms with Crippen LogP contribution in [0.2, 0.25) is 0 Å². The molecule has 0 radical (unpaired) electrons. The summed E-state index contributed by atoms with van der Waals surface area (Å²) < 4.78 is 2.41. The maximum atomic E-state index is 5.59. The molecule has 0 amide bonds. The average molecular weight is 340 g/mol. The van der Waals surface area contributed by atoms with E-state index in [2.05, 4.69) is 51.2 Å². The summed E-state index contributed by atoms with van der Waals surface area (Å²) in [5.41, 5.74) is 2.38. The molecule has 1 saturated carbocycles. The van der Waals surface area contributed by atoms with Crippen molar-refractivity contribution in [2.75, 3.05) is 6.54 Å². The summed E-state index contributed by atoms with van der Waals surface area (Å²) in [4.78, 5) is 6.85. The third kappa shape index (κ3) is 2.71. The van der Waals surface area contributed by atoms with Gasteiger partial charge in [0.15, 0.2) is 5.11 Å². The van der Waals surface area contributed by atoms with Crippen LogP contribution in [0.3, 0.4) is 0 Å². The van der Waals surface area contributed by atoms with Crippen molar-refractivity contribution in [2.24, 2.45) is 0 Å². The lowest BCUT2D eigenvalue weighted by molar-refractivity contribution is 0.330. The van der Waals surface area contributed by atoms with Gasteiger partial charge in [-0.25, -0.2) is 0 Å². The lowest BCUT2D eigenvalue weighted by atomic mass is 9.99. The molecule has 2 aromatic heterocycles. The number of rotatable bonds is 4. The Bertz CT molecular complexity index is 705. The molecule has 4 rings (SSSR count). The Hall–Kier alpha value is -1.88. The third-order valence-electron chi connectivity index (χ3n) is 5.36. The van der Waals surface area contributed by atoms with Gasteiger partial charge < -0.3 is 14.8 Å². The number of hydrogen-bond acceptors (Lipinski definition) is 2. The predicted octanol–water partition coefficient (Wildman–Crippen LogP) is 3.99. The minimum absolute atomic E-state index is 0.109. The average Bonchev–Trinajstić information content (AvgIpc) is 3.34. The molecule has 24 heavy (non-hydrogen) atoms. The Morgan fingerprint density at radius 2 is 2.08 bits per heavy atom. The Balaban J connectivity index is 1.67. The molecule has 1 aliphatic carbocycles. The molecule has 0 bridgehead atoms. The smallest absolute Gasteiger partial charge is 0.170 e. The van der Waals surface area contributed by atoms with Gasteiger partial charge in [-0.3, -0.25) is 4.98 Å². The summed E-state index contributed by atoms with van der Waals surface area (Å²) in [6.07, 6.45) is 11.7. The quantitative estimate of drug-likeness (QED) is 0.853. The highest BCUT2D eigenvalue weighted by molar-refractivity contribution is 7.80. The molecule has 1 N–H and O–H groups in total. The zero-order valence-electron chi connectivity index (χ0n) is 14.1. The number of nitrogens with one attached hydrogen (secondary N) is 1. The fourth-order valence-electron chi connectivity index (χ4n) is 4.14. The second kappa shape index (κ2) is 6.55. The highest BCUT2D eigenvalue weighted by Gasteiger charge is 2.39. The molecule has 1 saturated heterocycles. The maximum absolute atomic E-state index is 5.59. The minimum atomic E-state index is 0.109. The van der Waals surface area contributed by atoms with Crippen molar-refractivity contribution in [3.8, 4) is 0 Å². The van der Waals surface area contributed by atoms with Gasteiger partial charge in [0.05, 0.1) is 17.8 Å². The van der Waals surface area contributed by atoms with Crippen LogP contribution in [0, 0.1) is 0 Å². The number of likely N-dealkylation sites (N-methyl/N-ethyl adjacent to an activating group) is 1. The highest BCUT2D eigenvalue weighted by Crippen LogP contribution is 2.39. The molecule has 1 aliphatic heterocycles. The Morgan fingerprint density at radius 3 is 2.79 bits per heavy atom. The van der Waals surface area contributed by atoms with Crippen molar-refractivity contribution in [3.05, 3.63) is 54.1 Å². The van der Waals surface area contributed by atoms with E-state index in [1.54, 1.807) is 0 Å². The van der Waals surface area contributed by atoms with E-state index in [1.807, 2.05) is 18.3 Å². The number of aromatic nitrogens is 2. The summed E-state index contributed by atoms with van der Waals surface area (Å²) in [6.45, 7) is 3.06. The summed E-state index contributed by atoms with van der Waals surface area (Å²) in [5.74, 6) is 0. The lowest BCUT2D eigenvalue weighted by Gasteiger charge is -2.26. The van der Waals surface area contributed by atoms with Gasteiger partial charge in [0.1, 0.15) is 0 Å². The second-order valence-electron chi connectivity index (χ2n) is 6.74. The van der Waals surface area contributed by atoms with Crippen molar-refractivity contribution < 1.29 is 0 Å². The first-order chi connectivity index (χ1) is 11.8. The first-order valence-electron chi connectivity index (χ1n) is 8.93. The zero-order chi connectivity index (χ0) is 16.5. The number of hydrogen-bond donors (Lipinski definition) is 1. The van der Waals surface area contributed by atoms with Crippen LogP contribution in [-0.4, -0.2) is 26.1 Å². The van der Waals surface area contributed by atoms with E-state index in [0.29, 0.717) is 6.04 Å². The van der Waals surface area contributed by atoms with Crippen LogP contribution in [0.15, 0.2) is 42.9 Å². The van der Waals surface area contributed by atoms with Crippen molar-refractivity contribution >= 4 is 17.3 Å². The van der Waals surface area contributed by atoms with Gasteiger partial charge in [0.25, 0.3) is 0 Å². The number of thiocarbonyl (C=S) groups is 1. The molecule has 5 heteroatoms. The molecule has 2 fully saturated rings. The van der Waals surface area contributed by atoms with Crippen LogP contribution in [0.5, 0.6) is 0 Å². The molecular weight excluding hydrogens is 316 g/mol. The highest BCUT2D eigenvalue weighted by atomic mass is 32.1. The van der Waals surface area contributed by atoms with Gasteiger partial charge in [-0.1, -0.05) is 18.9 Å². The third-order valence-corrected chi connectivity index (χ3v) is 5.72. The molecule has 0 unspecified atom stereocenters. The van der Waals surface area contributed by atoms with Gasteiger partial charge in [-0.2, -0.15) is 0 Å². The second-order valence-corrected chi connectivity index (χ2v) is 7.13. The predicted molar refractivity (Wildman–Crippen MR) is 99.8 cm³/mol. The molecule has 0 aromatic carbocycles. The maximum Gasteiger partial charge on any atom is 0.170 e. The van der Waals surface area contributed by atoms with Crippen molar-refractivity contribution in [2.45, 2.75) is 50.7 Å². The van der Waals surface area contributed by atoms with Crippen LogP contribution in [0.25, 0.3) is 0 Å². The molecule has 2 atom stereocenters. The molecule has 3 heterocycles. The lowest BCUT2D eigenvalue weighted by Crippen LogP contribution is -2.29. The van der Waals surface area contributed by atoms with Gasteiger partial charge in [0.2, 0.25) is 0 Å². The molecule has 2 aliphatic rings. The first kappa shape index (κ1) is 15.6. The Morgan fingerprint density at radius 1 is 1.25 bits per heavy atom. The van der Waals surface area contributed by atoms with Crippen molar-refractivity contribution in [1.82, 2.24) is 19.8 Å². The number of nitrogens with zero attached hydrogens (tertiary/aromatic N) is 3. The minimum Gasteiger partial charge on any atom is -0.352 e.